The number of methoxy groups -OCH3 is 1. The van der Waals surface area contributed by atoms with Gasteiger partial charge in [0.25, 0.3) is 0 Å². The van der Waals surface area contributed by atoms with Crippen molar-refractivity contribution in [2.45, 2.75) is 19.9 Å². The van der Waals surface area contributed by atoms with Crippen LogP contribution < -0.4 is 4.74 Å². The molecule has 0 unspecified atom stereocenters. The summed E-state index contributed by atoms with van der Waals surface area (Å²) in [6, 6.07) is 14.4. The average molecular weight is 380 g/mol. The Morgan fingerprint density at radius 3 is 2.43 bits per heavy atom. The van der Waals surface area contributed by atoms with E-state index in [0.717, 1.165) is 11.1 Å². The van der Waals surface area contributed by atoms with Crippen molar-refractivity contribution in [1.82, 2.24) is 20.2 Å². The zero-order valence-corrected chi connectivity index (χ0v) is 15.7. The molecule has 0 saturated heterocycles. The number of ketones is 1. The van der Waals surface area contributed by atoms with Gasteiger partial charge in [0.2, 0.25) is 5.82 Å². The second-order valence-corrected chi connectivity index (χ2v) is 6.14. The van der Waals surface area contributed by atoms with Crippen LogP contribution in [-0.2, 0) is 16.1 Å². The minimum atomic E-state index is -0.504. The first-order chi connectivity index (χ1) is 13.5. The van der Waals surface area contributed by atoms with Crippen molar-refractivity contribution >= 4 is 11.8 Å². The molecule has 0 spiro atoms. The van der Waals surface area contributed by atoms with Gasteiger partial charge in [-0.05, 0) is 36.4 Å². The quantitative estimate of drug-likeness (QED) is 0.437. The van der Waals surface area contributed by atoms with Crippen LogP contribution in [0.25, 0.3) is 11.4 Å². The van der Waals surface area contributed by atoms with E-state index < -0.39 is 5.97 Å². The first-order valence-corrected chi connectivity index (χ1v) is 8.73. The van der Waals surface area contributed by atoms with Gasteiger partial charge in [-0.15, -0.1) is 10.2 Å². The summed E-state index contributed by atoms with van der Waals surface area (Å²) in [5, 5.41) is 12.2. The smallest absolute Gasteiger partial charge is 0.308 e. The van der Waals surface area contributed by atoms with Crippen molar-refractivity contribution in [3.8, 4) is 17.1 Å². The fourth-order valence-electron chi connectivity index (χ4n) is 2.43. The standard InChI is InChI=1S/C20H20N4O4/c1-14-3-5-16(6-4-14)20-21-23-24(22-20)12-11-19(26)28-13-18(25)15-7-9-17(27-2)10-8-15/h3-10H,11-13H2,1-2H3. The van der Waals surface area contributed by atoms with Gasteiger partial charge in [-0.25, -0.2) is 0 Å². The molecule has 28 heavy (non-hydrogen) atoms. The molecule has 0 saturated carbocycles. The fourth-order valence-corrected chi connectivity index (χ4v) is 2.43. The number of esters is 1. The molecule has 0 aliphatic carbocycles. The predicted octanol–water partition coefficient (Wildman–Crippen LogP) is 2.47. The van der Waals surface area contributed by atoms with Crippen LogP contribution in [0.5, 0.6) is 5.75 Å². The number of benzene rings is 2. The van der Waals surface area contributed by atoms with Gasteiger partial charge in [-0.2, -0.15) is 4.80 Å². The Hall–Kier alpha value is -3.55. The second kappa shape index (κ2) is 8.90. The number of nitrogens with zero attached hydrogens (tertiary/aromatic N) is 4. The van der Waals surface area contributed by atoms with Gasteiger partial charge in [-0.3, -0.25) is 9.59 Å². The number of aryl methyl sites for hydroxylation is 2. The lowest BCUT2D eigenvalue weighted by Crippen LogP contribution is -2.16. The summed E-state index contributed by atoms with van der Waals surface area (Å²) < 4.78 is 10.1. The van der Waals surface area contributed by atoms with E-state index in [1.54, 1.807) is 31.4 Å². The summed E-state index contributed by atoms with van der Waals surface area (Å²) in [6.45, 7) is 1.90. The summed E-state index contributed by atoms with van der Waals surface area (Å²) in [6.07, 6.45) is 0.0413. The minimum Gasteiger partial charge on any atom is -0.497 e. The number of hydrogen-bond acceptors (Lipinski definition) is 7. The van der Waals surface area contributed by atoms with E-state index in [1.807, 2.05) is 31.2 Å². The number of carbonyl (C=O) groups is 2. The molecule has 8 heteroatoms. The Kier molecular flexibility index (Phi) is 6.11. The molecular formula is C20H20N4O4. The molecule has 8 nitrogen and oxygen atoms in total. The Labute approximate surface area is 162 Å². The van der Waals surface area contributed by atoms with Gasteiger partial charge in [0.15, 0.2) is 12.4 Å². The lowest BCUT2D eigenvalue weighted by atomic mass is 10.1. The van der Waals surface area contributed by atoms with Crippen molar-refractivity contribution in [3.05, 3.63) is 59.7 Å². The highest BCUT2D eigenvalue weighted by molar-refractivity contribution is 5.98. The van der Waals surface area contributed by atoms with Crippen molar-refractivity contribution in [3.63, 3.8) is 0 Å². The average Bonchev–Trinajstić information content (AvgIpc) is 3.20. The van der Waals surface area contributed by atoms with Crippen molar-refractivity contribution in [2.75, 3.05) is 13.7 Å². The van der Waals surface area contributed by atoms with Crippen molar-refractivity contribution in [1.29, 1.82) is 0 Å². The third kappa shape index (κ3) is 5.00. The largest absolute Gasteiger partial charge is 0.497 e. The summed E-state index contributed by atoms with van der Waals surface area (Å²) >= 11 is 0. The molecule has 0 bridgehead atoms. The normalized spacial score (nSPS) is 10.5. The van der Waals surface area contributed by atoms with Gasteiger partial charge in [-0.1, -0.05) is 29.8 Å². The van der Waals surface area contributed by atoms with Gasteiger partial charge in [0.05, 0.1) is 20.1 Å². The molecular weight excluding hydrogens is 360 g/mol. The first kappa shape index (κ1) is 19.2. The highest BCUT2D eigenvalue weighted by Crippen LogP contribution is 2.14. The van der Waals surface area contributed by atoms with Crippen LogP contribution in [-0.4, -0.2) is 45.7 Å². The number of rotatable bonds is 8. The molecule has 1 heterocycles. The molecule has 0 radical (unpaired) electrons. The first-order valence-electron chi connectivity index (χ1n) is 8.73. The van der Waals surface area contributed by atoms with E-state index in [4.69, 9.17) is 9.47 Å². The molecule has 0 N–H and O–H groups in total. The third-order valence-electron chi connectivity index (χ3n) is 4.05. The summed E-state index contributed by atoms with van der Waals surface area (Å²) in [5.41, 5.74) is 2.45. The Bertz CT molecular complexity index is 949. The topological polar surface area (TPSA) is 96.2 Å². The molecule has 0 aliphatic heterocycles. The van der Waals surface area contributed by atoms with Gasteiger partial charge < -0.3 is 9.47 Å². The van der Waals surface area contributed by atoms with Crippen LogP contribution in [0.2, 0.25) is 0 Å². The summed E-state index contributed by atoms with van der Waals surface area (Å²) in [5.74, 6) is 0.356. The molecule has 2 aromatic carbocycles. The molecule has 0 fully saturated rings. The van der Waals surface area contributed by atoms with Crippen molar-refractivity contribution < 1.29 is 19.1 Å². The third-order valence-corrected chi connectivity index (χ3v) is 4.05. The lowest BCUT2D eigenvalue weighted by molar-refractivity contribution is -0.142. The fraction of sp³-hybridized carbons (Fsp3) is 0.250. The zero-order valence-electron chi connectivity index (χ0n) is 15.7. The maximum atomic E-state index is 12.0. The second-order valence-electron chi connectivity index (χ2n) is 6.14. The van der Waals surface area contributed by atoms with Gasteiger partial charge in [0, 0.05) is 11.1 Å². The van der Waals surface area contributed by atoms with Crippen LogP contribution in [0.1, 0.15) is 22.3 Å². The molecule has 0 amide bonds. The number of tetrazole rings is 1. The van der Waals surface area contributed by atoms with Crippen LogP contribution in [0.4, 0.5) is 0 Å². The maximum Gasteiger partial charge on any atom is 0.308 e. The highest BCUT2D eigenvalue weighted by Gasteiger charge is 2.12. The van der Waals surface area contributed by atoms with Gasteiger partial charge >= 0.3 is 5.97 Å². The zero-order chi connectivity index (χ0) is 19.9. The molecule has 144 valence electrons. The Balaban J connectivity index is 1.46. The van der Waals surface area contributed by atoms with Crippen LogP contribution in [0.15, 0.2) is 48.5 Å². The lowest BCUT2D eigenvalue weighted by Gasteiger charge is -2.05. The van der Waals surface area contributed by atoms with Crippen molar-refractivity contribution in [2.24, 2.45) is 0 Å². The van der Waals surface area contributed by atoms with E-state index in [2.05, 4.69) is 15.4 Å². The Morgan fingerprint density at radius 1 is 1.04 bits per heavy atom. The van der Waals surface area contributed by atoms with E-state index >= 15 is 0 Å². The molecule has 3 aromatic rings. The molecule has 1 aromatic heterocycles. The van der Waals surface area contributed by atoms with E-state index in [1.165, 1.54) is 4.80 Å². The SMILES string of the molecule is COc1ccc(C(=O)COC(=O)CCn2nnc(-c3ccc(C)cc3)n2)cc1. The van der Waals surface area contributed by atoms with Crippen LogP contribution in [0, 0.1) is 6.92 Å². The predicted molar refractivity (Wildman–Crippen MR) is 101 cm³/mol. The summed E-state index contributed by atoms with van der Waals surface area (Å²) in [7, 11) is 1.55. The minimum absolute atomic E-state index is 0.0413. The van der Waals surface area contributed by atoms with E-state index in [0.29, 0.717) is 17.1 Å². The van der Waals surface area contributed by atoms with E-state index in [9.17, 15) is 9.59 Å². The number of ether oxygens (including phenoxy) is 2. The molecule has 0 atom stereocenters. The maximum absolute atomic E-state index is 12.0. The van der Waals surface area contributed by atoms with Gasteiger partial charge in [0.1, 0.15) is 5.75 Å². The van der Waals surface area contributed by atoms with Crippen LogP contribution >= 0.6 is 0 Å². The Morgan fingerprint density at radius 2 is 1.75 bits per heavy atom. The van der Waals surface area contributed by atoms with Crippen LogP contribution in [0.3, 0.4) is 0 Å². The number of Topliss-reactive ketones (excluding diaryl/α,β-unsaturated/α-hetero) is 1. The van der Waals surface area contributed by atoms with E-state index in [-0.39, 0.29) is 25.4 Å². The molecule has 0 aliphatic rings. The summed E-state index contributed by atoms with van der Waals surface area (Å²) in [4.78, 5) is 25.3. The monoisotopic (exact) mass is 380 g/mol. The highest BCUT2D eigenvalue weighted by atomic mass is 16.5. The molecule has 3 rings (SSSR count). The number of carbonyl (C=O) groups excluding carboxylic acids is 2. The number of hydrogen-bond donors (Lipinski definition) is 0. The number of aromatic nitrogens is 4.